The van der Waals surface area contributed by atoms with Crippen molar-refractivity contribution >= 4 is 19.8 Å². The third-order valence-electron chi connectivity index (χ3n) is 11.5. The first-order chi connectivity index (χ1) is 33.8. The number of unbranched alkanes of at least 4 members (excludes halogenated alkanes) is 22. The summed E-state index contributed by atoms with van der Waals surface area (Å²) in [4.78, 5) is 35.2. The van der Waals surface area contributed by atoms with Gasteiger partial charge in [-0.15, -0.1) is 0 Å². The molecular weight excluding hydrogens is 882 g/mol. The molecule has 396 valence electrons. The average molecular weight is 984 g/mol. The van der Waals surface area contributed by atoms with Gasteiger partial charge in [0.1, 0.15) is 6.61 Å². The molecular formula is C59H102NO8P. The van der Waals surface area contributed by atoms with Gasteiger partial charge in [0.15, 0.2) is 6.10 Å². The molecule has 0 aliphatic heterocycles. The van der Waals surface area contributed by atoms with E-state index in [9.17, 15) is 19.0 Å². The molecule has 0 aromatic heterocycles. The zero-order chi connectivity index (χ0) is 50.2. The summed E-state index contributed by atoms with van der Waals surface area (Å²) in [5.41, 5.74) is 5.38. The first-order valence-electron chi connectivity index (χ1n) is 27.7. The van der Waals surface area contributed by atoms with Gasteiger partial charge in [-0.1, -0.05) is 220 Å². The normalized spacial score (nSPS) is 13.9. The highest BCUT2D eigenvalue weighted by molar-refractivity contribution is 7.47. The van der Waals surface area contributed by atoms with Gasteiger partial charge in [-0.25, -0.2) is 4.57 Å². The molecule has 0 spiro atoms. The van der Waals surface area contributed by atoms with Crippen molar-refractivity contribution in [1.82, 2.24) is 0 Å². The van der Waals surface area contributed by atoms with E-state index < -0.39 is 26.5 Å². The molecule has 0 aromatic rings. The molecule has 0 bridgehead atoms. The fraction of sp³-hybridized carbons (Fsp3) is 0.695. The SMILES string of the molecule is CC/C=C\C/C=C\C/C=C\C/C=C\C/C=C\C/C=C\CCCCCCCCC(=O)OC(COC(=O)CCCCCCCCCCCCC/C=C\C/C=C\CCCCCCC)COP(=O)(O)OCCN. The van der Waals surface area contributed by atoms with Crippen molar-refractivity contribution in [1.29, 1.82) is 0 Å². The quantitative estimate of drug-likeness (QED) is 0.0264. The molecule has 10 heteroatoms. The van der Waals surface area contributed by atoms with Gasteiger partial charge in [-0.2, -0.15) is 0 Å². The van der Waals surface area contributed by atoms with Crippen molar-refractivity contribution in [3.8, 4) is 0 Å². The third kappa shape index (κ3) is 54.1. The van der Waals surface area contributed by atoms with Gasteiger partial charge in [0.05, 0.1) is 13.2 Å². The Bertz CT molecular complexity index is 1450. The van der Waals surface area contributed by atoms with E-state index in [1.54, 1.807) is 0 Å². The fourth-order valence-corrected chi connectivity index (χ4v) is 8.14. The van der Waals surface area contributed by atoms with Crippen LogP contribution < -0.4 is 5.73 Å². The van der Waals surface area contributed by atoms with Crippen LogP contribution in [0.1, 0.15) is 232 Å². The van der Waals surface area contributed by atoms with Gasteiger partial charge in [-0.3, -0.25) is 18.6 Å². The largest absolute Gasteiger partial charge is 0.472 e. The molecule has 0 amide bonds. The third-order valence-corrected chi connectivity index (χ3v) is 12.4. The van der Waals surface area contributed by atoms with Gasteiger partial charge in [0, 0.05) is 19.4 Å². The van der Waals surface area contributed by atoms with Crippen LogP contribution in [0.3, 0.4) is 0 Å². The molecule has 9 nitrogen and oxygen atoms in total. The van der Waals surface area contributed by atoms with Crippen molar-refractivity contribution in [3.05, 3.63) is 97.2 Å². The molecule has 0 aromatic carbocycles. The van der Waals surface area contributed by atoms with Gasteiger partial charge >= 0.3 is 19.8 Å². The van der Waals surface area contributed by atoms with Crippen molar-refractivity contribution in [2.24, 2.45) is 5.73 Å². The number of carbonyl (C=O) groups is 2. The van der Waals surface area contributed by atoms with Crippen molar-refractivity contribution < 1.29 is 37.6 Å². The van der Waals surface area contributed by atoms with Gasteiger partial charge < -0.3 is 20.1 Å². The molecule has 69 heavy (non-hydrogen) atoms. The van der Waals surface area contributed by atoms with Crippen molar-refractivity contribution in [2.45, 2.75) is 238 Å². The minimum Gasteiger partial charge on any atom is -0.462 e. The Hall–Kier alpha value is -3.07. The zero-order valence-electron chi connectivity index (χ0n) is 44.0. The number of ether oxygens (including phenoxy) is 2. The number of rotatable bonds is 51. The second kappa shape index (κ2) is 54.3. The number of esters is 2. The molecule has 0 rings (SSSR count). The molecule has 2 unspecified atom stereocenters. The number of allylic oxidation sites excluding steroid dienone is 16. The summed E-state index contributed by atoms with van der Waals surface area (Å²) < 4.78 is 33.0. The Morgan fingerprint density at radius 1 is 0.449 bits per heavy atom. The predicted molar refractivity (Wildman–Crippen MR) is 293 cm³/mol. The highest BCUT2D eigenvalue weighted by atomic mass is 31.2. The minimum atomic E-state index is -4.40. The molecule has 0 radical (unpaired) electrons. The van der Waals surface area contributed by atoms with Crippen LogP contribution in [0.15, 0.2) is 97.2 Å². The molecule has 0 saturated heterocycles. The second-order valence-electron chi connectivity index (χ2n) is 18.1. The van der Waals surface area contributed by atoms with Crippen LogP contribution in [0.4, 0.5) is 0 Å². The highest BCUT2D eigenvalue weighted by Crippen LogP contribution is 2.43. The first-order valence-corrected chi connectivity index (χ1v) is 29.2. The van der Waals surface area contributed by atoms with Crippen LogP contribution in [-0.4, -0.2) is 49.3 Å². The maximum Gasteiger partial charge on any atom is 0.472 e. The van der Waals surface area contributed by atoms with Gasteiger partial charge in [0.2, 0.25) is 0 Å². The van der Waals surface area contributed by atoms with E-state index in [4.69, 9.17) is 24.3 Å². The molecule has 0 aliphatic carbocycles. The Balaban J connectivity index is 4.07. The summed E-state index contributed by atoms with van der Waals surface area (Å²) in [6.45, 7) is 3.60. The van der Waals surface area contributed by atoms with Crippen molar-refractivity contribution in [2.75, 3.05) is 26.4 Å². The molecule has 0 heterocycles. The Kier molecular flexibility index (Phi) is 51.9. The lowest BCUT2D eigenvalue weighted by Gasteiger charge is -2.19. The summed E-state index contributed by atoms with van der Waals surface area (Å²) in [5.74, 6) is -0.850. The molecule has 3 N–H and O–H groups in total. The average Bonchev–Trinajstić information content (AvgIpc) is 3.34. The van der Waals surface area contributed by atoms with E-state index in [-0.39, 0.29) is 38.6 Å². The lowest BCUT2D eigenvalue weighted by atomic mass is 10.0. The van der Waals surface area contributed by atoms with Crippen LogP contribution in [0.5, 0.6) is 0 Å². The van der Waals surface area contributed by atoms with Crippen LogP contribution in [0.25, 0.3) is 0 Å². The standard InChI is InChI=1S/C59H102NO8P/c1-3-5-7-9-11-13-15-17-19-21-23-25-27-28-30-32-34-36-38-40-42-44-46-48-50-52-59(62)68-57(56-67-69(63,64)66-54-53-60)55-65-58(61)51-49-47-45-43-41-39-37-35-33-31-29-26-24-22-20-18-16-14-12-10-8-6-4-2/h5,7,11,13,16-19,22-25,28,30,34,36,57H,3-4,6,8-10,12,14-15,20-21,26-27,29,31-33,35,37-56,60H2,1-2H3,(H,63,64)/b7-5-,13-11-,18-16-,19-17-,24-22-,25-23-,30-28-,36-34-. The fourth-order valence-electron chi connectivity index (χ4n) is 7.37. The highest BCUT2D eigenvalue weighted by Gasteiger charge is 2.26. The number of hydrogen-bond acceptors (Lipinski definition) is 8. The van der Waals surface area contributed by atoms with Crippen LogP contribution in [0.2, 0.25) is 0 Å². The Morgan fingerprint density at radius 2 is 0.797 bits per heavy atom. The molecule has 2 atom stereocenters. The molecule has 0 aliphatic rings. The molecule has 0 fully saturated rings. The van der Waals surface area contributed by atoms with E-state index in [1.807, 2.05) is 0 Å². The molecule has 0 saturated carbocycles. The number of carbonyl (C=O) groups excluding carboxylic acids is 2. The van der Waals surface area contributed by atoms with Crippen LogP contribution in [0, 0.1) is 0 Å². The van der Waals surface area contributed by atoms with Crippen LogP contribution >= 0.6 is 7.82 Å². The number of hydrogen-bond donors (Lipinski definition) is 2. The Labute approximate surface area is 423 Å². The van der Waals surface area contributed by atoms with E-state index in [0.29, 0.717) is 6.42 Å². The number of phosphoric ester groups is 1. The lowest BCUT2D eigenvalue weighted by Crippen LogP contribution is -2.29. The van der Waals surface area contributed by atoms with Crippen molar-refractivity contribution in [3.63, 3.8) is 0 Å². The van der Waals surface area contributed by atoms with Gasteiger partial charge in [-0.05, 0) is 96.3 Å². The smallest absolute Gasteiger partial charge is 0.462 e. The Morgan fingerprint density at radius 3 is 1.19 bits per heavy atom. The summed E-state index contributed by atoms with van der Waals surface area (Å²) in [6, 6.07) is 0. The van der Waals surface area contributed by atoms with E-state index in [0.717, 1.165) is 103 Å². The second-order valence-corrected chi connectivity index (χ2v) is 19.5. The summed E-state index contributed by atoms with van der Waals surface area (Å²) >= 11 is 0. The number of phosphoric acid groups is 1. The van der Waals surface area contributed by atoms with Gasteiger partial charge in [0.25, 0.3) is 0 Å². The number of nitrogens with two attached hydrogens (primary N) is 1. The minimum absolute atomic E-state index is 0.0456. The maximum absolute atomic E-state index is 12.7. The monoisotopic (exact) mass is 984 g/mol. The lowest BCUT2D eigenvalue weighted by molar-refractivity contribution is -0.161. The van der Waals surface area contributed by atoms with E-state index in [2.05, 4.69) is 111 Å². The predicted octanol–water partition coefficient (Wildman–Crippen LogP) is 17.3. The topological polar surface area (TPSA) is 134 Å². The maximum atomic E-state index is 12.7. The zero-order valence-corrected chi connectivity index (χ0v) is 44.9. The summed E-state index contributed by atoms with van der Waals surface area (Å²) in [6.07, 6.45) is 71.6. The van der Waals surface area contributed by atoms with E-state index in [1.165, 1.54) is 96.3 Å². The summed E-state index contributed by atoms with van der Waals surface area (Å²) in [5, 5.41) is 0. The first kappa shape index (κ1) is 65.9. The summed E-state index contributed by atoms with van der Waals surface area (Å²) in [7, 11) is -4.40. The van der Waals surface area contributed by atoms with Crippen LogP contribution in [-0.2, 0) is 32.7 Å². The van der Waals surface area contributed by atoms with E-state index >= 15 is 0 Å².